The van der Waals surface area contributed by atoms with Crippen molar-refractivity contribution in [1.29, 1.82) is 0 Å². The molecule has 0 unspecified atom stereocenters. The van der Waals surface area contributed by atoms with Crippen molar-refractivity contribution in [3.8, 4) is 0 Å². The molecule has 0 aliphatic heterocycles. The second kappa shape index (κ2) is 5.88. The Labute approximate surface area is 127 Å². The number of rotatable bonds is 4. The fourth-order valence-electron chi connectivity index (χ4n) is 1.70. The molecule has 0 spiro atoms. The topological polar surface area (TPSA) is 84.2 Å². The van der Waals surface area contributed by atoms with Gasteiger partial charge in [-0.15, -0.1) is 0 Å². The summed E-state index contributed by atoms with van der Waals surface area (Å²) >= 11 is 5.61. The Kier molecular flexibility index (Phi) is 4.36. The second-order valence-electron chi connectivity index (χ2n) is 4.22. The van der Waals surface area contributed by atoms with Crippen LogP contribution < -0.4 is 15.8 Å². The molecule has 0 radical (unpaired) electrons. The molecular formula is C13H13ClFN3O2S. The van der Waals surface area contributed by atoms with Crippen molar-refractivity contribution in [3.05, 3.63) is 47.2 Å². The van der Waals surface area contributed by atoms with Gasteiger partial charge in [-0.25, -0.2) is 17.5 Å². The molecule has 0 atom stereocenters. The van der Waals surface area contributed by atoms with Crippen molar-refractivity contribution >= 4 is 38.7 Å². The van der Waals surface area contributed by atoms with Crippen LogP contribution >= 0.6 is 11.6 Å². The SMILES string of the molecule is CNS(=O)(=O)c1cc(N)ccc1Nc1ccc(Cl)c(F)c1. The lowest BCUT2D eigenvalue weighted by atomic mass is 10.2. The Balaban J connectivity index is 2.47. The monoisotopic (exact) mass is 329 g/mol. The average Bonchev–Trinajstić information content (AvgIpc) is 2.44. The van der Waals surface area contributed by atoms with Gasteiger partial charge in [0.15, 0.2) is 0 Å². The molecule has 8 heteroatoms. The van der Waals surface area contributed by atoms with E-state index in [2.05, 4.69) is 10.0 Å². The zero-order chi connectivity index (χ0) is 15.6. The van der Waals surface area contributed by atoms with E-state index in [0.29, 0.717) is 11.4 Å². The molecule has 2 aromatic rings. The van der Waals surface area contributed by atoms with E-state index < -0.39 is 15.8 Å². The highest BCUT2D eigenvalue weighted by molar-refractivity contribution is 7.89. The van der Waals surface area contributed by atoms with E-state index in [1.165, 1.54) is 37.4 Å². The molecule has 4 N–H and O–H groups in total. The van der Waals surface area contributed by atoms with Gasteiger partial charge in [0.2, 0.25) is 10.0 Å². The van der Waals surface area contributed by atoms with Crippen molar-refractivity contribution in [2.24, 2.45) is 0 Å². The largest absolute Gasteiger partial charge is 0.399 e. The molecule has 112 valence electrons. The van der Waals surface area contributed by atoms with Crippen LogP contribution in [-0.2, 0) is 10.0 Å². The predicted molar refractivity (Wildman–Crippen MR) is 81.8 cm³/mol. The number of nitrogens with one attached hydrogen (secondary N) is 2. The summed E-state index contributed by atoms with van der Waals surface area (Å²) in [5, 5.41) is 2.82. The highest BCUT2D eigenvalue weighted by atomic mass is 35.5. The lowest BCUT2D eigenvalue weighted by Crippen LogP contribution is -2.20. The number of nitrogens with two attached hydrogens (primary N) is 1. The van der Waals surface area contributed by atoms with E-state index in [-0.39, 0.29) is 15.6 Å². The van der Waals surface area contributed by atoms with Crippen molar-refractivity contribution in [1.82, 2.24) is 4.72 Å². The quantitative estimate of drug-likeness (QED) is 0.753. The Bertz CT molecular complexity index is 781. The molecule has 0 saturated heterocycles. The van der Waals surface area contributed by atoms with Gasteiger partial charge in [0.1, 0.15) is 10.7 Å². The maximum absolute atomic E-state index is 13.4. The number of hydrogen-bond acceptors (Lipinski definition) is 4. The molecule has 0 fully saturated rings. The molecule has 0 aliphatic carbocycles. The summed E-state index contributed by atoms with van der Waals surface area (Å²) in [4.78, 5) is -0.0274. The van der Waals surface area contributed by atoms with Crippen LogP contribution in [0.3, 0.4) is 0 Å². The number of anilines is 3. The first kappa shape index (κ1) is 15.6. The summed E-state index contributed by atoms with van der Waals surface area (Å²) in [5.74, 6) is -0.602. The van der Waals surface area contributed by atoms with E-state index in [1.807, 2.05) is 0 Å². The van der Waals surface area contributed by atoms with E-state index in [1.54, 1.807) is 6.07 Å². The van der Waals surface area contributed by atoms with Crippen LogP contribution in [0.4, 0.5) is 21.5 Å². The van der Waals surface area contributed by atoms with Crippen molar-refractivity contribution in [2.45, 2.75) is 4.90 Å². The van der Waals surface area contributed by atoms with Crippen LogP contribution in [0.5, 0.6) is 0 Å². The van der Waals surface area contributed by atoms with E-state index in [0.717, 1.165) is 0 Å². The minimum atomic E-state index is -3.70. The highest BCUT2D eigenvalue weighted by Gasteiger charge is 2.17. The lowest BCUT2D eigenvalue weighted by Gasteiger charge is -2.13. The van der Waals surface area contributed by atoms with Gasteiger partial charge >= 0.3 is 0 Å². The molecular weight excluding hydrogens is 317 g/mol. The fourth-order valence-corrected chi connectivity index (χ4v) is 2.74. The first-order valence-corrected chi connectivity index (χ1v) is 7.75. The maximum Gasteiger partial charge on any atom is 0.242 e. The zero-order valence-electron chi connectivity index (χ0n) is 11.0. The van der Waals surface area contributed by atoms with Gasteiger partial charge in [0, 0.05) is 11.4 Å². The molecule has 0 bridgehead atoms. The van der Waals surface area contributed by atoms with Gasteiger partial charge in [0.05, 0.1) is 10.7 Å². The molecule has 0 saturated carbocycles. The van der Waals surface area contributed by atoms with Gasteiger partial charge in [-0.2, -0.15) is 0 Å². The molecule has 0 amide bonds. The summed E-state index contributed by atoms with van der Waals surface area (Å²) in [7, 11) is -2.41. The number of sulfonamides is 1. The van der Waals surface area contributed by atoms with Crippen LogP contribution in [0.1, 0.15) is 0 Å². The van der Waals surface area contributed by atoms with Gasteiger partial charge in [-0.05, 0) is 43.4 Å². The molecule has 2 rings (SSSR count). The molecule has 0 heterocycles. The van der Waals surface area contributed by atoms with Crippen molar-refractivity contribution in [2.75, 3.05) is 18.1 Å². The molecule has 21 heavy (non-hydrogen) atoms. The third-order valence-electron chi connectivity index (χ3n) is 2.76. The van der Waals surface area contributed by atoms with Crippen molar-refractivity contribution in [3.63, 3.8) is 0 Å². The highest BCUT2D eigenvalue weighted by Crippen LogP contribution is 2.28. The molecule has 2 aromatic carbocycles. The molecule has 5 nitrogen and oxygen atoms in total. The summed E-state index contributed by atoms with van der Waals surface area (Å²) in [6, 6.07) is 8.46. The van der Waals surface area contributed by atoms with E-state index >= 15 is 0 Å². The number of halogens is 2. The molecule has 0 aliphatic rings. The Morgan fingerprint density at radius 3 is 2.52 bits per heavy atom. The first-order chi connectivity index (χ1) is 9.83. The van der Waals surface area contributed by atoms with Crippen LogP contribution in [0.2, 0.25) is 5.02 Å². The summed E-state index contributed by atoms with van der Waals surface area (Å²) in [6.45, 7) is 0. The maximum atomic E-state index is 13.4. The zero-order valence-corrected chi connectivity index (χ0v) is 12.6. The van der Waals surface area contributed by atoms with Gasteiger partial charge in [-0.1, -0.05) is 11.6 Å². The van der Waals surface area contributed by atoms with Crippen LogP contribution in [0, 0.1) is 5.82 Å². The Hall–Kier alpha value is -1.83. The van der Waals surface area contributed by atoms with E-state index in [9.17, 15) is 12.8 Å². The van der Waals surface area contributed by atoms with Crippen LogP contribution in [0.15, 0.2) is 41.3 Å². The smallest absolute Gasteiger partial charge is 0.242 e. The van der Waals surface area contributed by atoms with Crippen LogP contribution in [-0.4, -0.2) is 15.5 Å². The standard InChI is InChI=1S/C13H13ClFN3O2S/c1-17-21(19,20)13-6-8(16)2-5-12(13)18-9-3-4-10(14)11(15)7-9/h2-7,17-18H,16H2,1H3. The average molecular weight is 330 g/mol. The second-order valence-corrected chi connectivity index (χ2v) is 6.48. The predicted octanol–water partition coefficient (Wildman–Crippen LogP) is 2.71. The third kappa shape index (κ3) is 3.44. The minimum absolute atomic E-state index is 0.0130. The fraction of sp³-hybridized carbons (Fsp3) is 0.0769. The normalized spacial score (nSPS) is 11.4. The van der Waals surface area contributed by atoms with Crippen LogP contribution in [0.25, 0.3) is 0 Å². The first-order valence-electron chi connectivity index (χ1n) is 5.88. The summed E-state index contributed by atoms with van der Waals surface area (Å²) in [6.07, 6.45) is 0. The molecule has 0 aromatic heterocycles. The van der Waals surface area contributed by atoms with Gasteiger partial charge < -0.3 is 11.1 Å². The summed E-state index contributed by atoms with van der Waals surface area (Å²) < 4.78 is 39.6. The Morgan fingerprint density at radius 1 is 1.19 bits per heavy atom. The third-order valence-corrected chi connectivity index (χ3v) is 4.52. The summed E-state index contributed by atoms with van der Waals surface area (Å²) in [5.41, 5.74) is 6.57. The minimum Gasteiger partial charge on any atom is -0.399 e. The van der Waals surface area contributed by atoms with Gasteiger partial charge in [0.25, 0.3) is 0 Å². The Morgan fingerprint density at radius 2 is 1.90 bits per heavy atom. The number of nitrogen functional groups attached to an aromatic ring is 1. The van der Waals surface area contributed by atoms with Crippen molar-refractivity contribution < 1.29 is 12.8 Å². The van der Waals surface area contributed by atoms with Gasteiger partial charge in [-0.3, -0.25) is 0 Å². The van der Waals surface area contributed by atoms with E-state index in [4.69, 9.17) is 17.3 Å². The lowest BCUT2D eigenvalue weighted by molar-refractivity contribution is 0.588. The number of hydrogen-bond donors (Lipinski definition) is 3. The number of benzene rings is 2.